The molecule has 0 radical (unpaired) electrons. The number of anilines is 3. The van der Waals surface area contributed by atoms with E-state index in [1.54, 1.807) is 29.2 Å². The van der Waals surface area contributed by atoms with Gasteiger partial charge in [0.25, 0.3) is 5.91 Å². The molecule has 0 spiro atoms. The number of amides is 1. The summed E-state index contributed by atoms with van der Waals surface area (Å²) >= 11 is 0. The number of halogens is 1. The Balaban J connectivity index is 1.85. The summed E-state index contributed by atoms with van der Waals surface area (Å²) in [6.07, 6.45) is 1.47. The van der Waals surface area contributed by atoms with Gasteiger partial charge in [0.15, 0.2) is 0 Å². The van der Waals surface area contributed by atoms with Crippen LogP contribution in [0.5, 0.6) is 0 Å². The van der Waals surface area contributed by atoms with Gasteiger partial charge in [0, 0.05) is 18.4 Å². The molecule has 1 heterocycles. The molecule has 0 aliphatic rings. The lowest BCUT2D eigenvalue weighted by atomic mass is 10.2. The van der Waals surface area contributed by atoms with Gasteiger partial charge in [-0.25, -0.2) is 14.4 Å². The van der Waals surface area contributed by atoms with Crippen LogP contribution in [0.2, 0.25) is 0 Å². The Hall–Kier alpha value is -3.28. The van der Waals surface area contributed by atoms with E-state index in [4.69, 9.17) is 0 Å². The van der Waals surface area contributed by atoms with Gasteiger partial charge in [0.05, 0.1) is 5.69 Å². The van der Waals surface area contributed by atoms with Gasteiger partial charge in [-0.2, -0.15) is 0 Å². The molecule has 3 aromatic rings. The van der Waals surface area contributed by atoms with Gasteiger partial charge < -0.3 is 10.2 Å². The zero-order valence-corrected chi connectivity index (χ0v) is 13.7. The SMILES string of the molecule is CCN(C(=O)c1ccnc(Nc2ccccc2F)n1)c1ccccc1. The minimum atomic E-state index is -0.415. The first-order valence-corrected chi connectivity index (χ1v) is 7.90. The Labute approximate surface area is 145 Å². The average molecular weight is 336 g/mol. The highest BCUT2D eigenvalue weighted by molar-refractivity contribution is 6.04. The second-order valence-electron chi connectivity index (χ2n) is 5.26. The highest BCUT2D eigenvalue weighted by Crippen LogP contribution is 2.19. The molecule has 3 rings (SSSR count). The maximum Gasteiger partial charge on any atom is 0.277 e. The topological polar surface area (TPSA) is 58.1 Å². The van der Waals surface area contributed by atoms with E-state index in [-0.39, 0.29) is 23.2 Å². The highest BCUT2D eigenvalue weighted by Gasteiger charge is 2.18. The quantitative estimate of drug-likeness (QED) is 0.764. The monoisotopic (exact) mass is 336 g/mol. The molecule has 0 fully saturated rings. The fourth-order valence-corrected chi connectivity index (χ4v) is 2.41. The predicted molar refractivity (Wildman–Crippen MR) is 95.5 cm³/mol. The molecule has 5 nitrogen and oxygen atoms in total. The van der Waals surface area contributed by atoms with E-state index in [0.29, 0.717) is 6.54 Å². The standard InChI is InChI=1S/C19H17FN4O/c1-2-24(14-8-4-3-5-9-14)18(25)17-12-13-21-19(23-17)22-16-11-7-6-10-15(16)20/h3-13H,2H2,1H3,(H,21,22,23). The van der Waals surface area contributed by atoms with Crippen molar-refractivity contribution in [3.05, 3.63) is 78.4 Å². The Kier molecular flexibility index (Phi) is 4.99. The van der Waals surface area contributed by atoms with Crippen LogP contribution in [0.25, 0.3) is 0 Å². The van der Waals surface area contributed by atoms with Crippen molar-refractivity contribution in [2.75, 3.05) is 16.8 Å². The van der Waals surface area contributed by atoms with E-state index < -0.39 is 5.82 Å². The molecule has 0 aliphatic heterocycles. The summed E-state index contributed by atoms with van der Waals surface area (Å²) in [6.45, 7) is 2.40. The Morgan fingerprint density at radius 3 is 2.52 bits per heavy atom. The average Bonchev–Trinajstić information content (AvgIpc) is 2.65. The van der Waals surface area contributed by atoms with E-state index in [9.17, 15) is 9.18 Å². The highest BCUT2D eigenvalue weighted by atomic mass is 19.1. The Morgan fingerprint density at radius 1 is 1.08 bits per heavy atom. The number of carbonyl (C=O) groups is 1. The summed E-state index contributed by atoms with van der Waals surface area (Å²) in [6, 6.07) is 17.1. The van der Waals surface area contributed by atoms with E-state index >= 15 is 0 Å². The van der Waals surface area contributed by atoms with Crippen molar-refractivity contribution in [2.45, 2.75) is 6.92 Å². The molecule has 1 amide bonds. The summed E-state index contributed by atoms with van der Waals surface area (Å²) in [5, 5.41) is 2.80. The van der Waals surface area contributed by atoms with Gasteiger partial charge in [0.2, 0.25) is 5.95 Å². The molecule has 0 saturated carbocycles. The molecular weight excluding hydrogens is 319 g/mol. The second-order valence-corrected chi connectivity index (χ2v) is 5.26. The molecule has 0 saturated heterocycles. The zero-order valence-electron chi connectivity index (χ0n) is 13.7. The number of nitrogens with one attached hydrogen (secondary N) is 1. The smallest absolute Gasteiger partial charge is 0.277 e. The van der Waals surface area contributed by atoms with Gasteiger partial charge >= 0.3 is 0 Å². The van der Waals surface area contributed by atoms with Crippen LogP contribution in [-0.4, -0.2) is 22.4 Å². The first-order valence-electron chi connectivity index (χ1n) is 7.90. The molecule has 0 bridgehead atoms. The number of hydrogen-bond acceptors (Lipinski definition) is 4. The summed E-state index contributed by atoms with van der Waals surface area (Å²) in [4.78, 5) is 22.7. The van der Waals surface area contributed by atoms with E-state index in [1.165, 1.54) is 12.3 Å². The van der Waals surface area contributed by atoms with Crippen LogP contribution < -0.4 is 10.2 Å². The van der Waals surface area contributed by atoms with Gasteiger partial charge in [-0.05, 0) is 37.3 Å². The molecule has 0 atom stereocenters. The lowest BCUT2D eigenvalue weighted by Gasteiger charge is -2.20. The fraction of sp³-hybridized carbons (Fsp3) is 0.105. The van der Waals surface area contributed by atoms with Crippen molar-refractivity contribution in [3.63, 3.8) is 0 Å². The fourth-order valence-electron chi connectivity index (χ4n) is 2.41. The van der Waals surface area contributed by atoms with Crippen LogP contribution in [0.15, 0.2) is 66.9 Å². The molecule has 2 aromatic carbocycles. The molecule has 0 unspecified atom stereocenters. The second kappa shape index (κ2) is 7.53. The number of nitrogens with zero attached hydrogens (tertiary/aromatic N) is 3. The predicted octanol–water partition coefficient (Wildman–Crippen LogP) is 4.03. The van der Waals surface area contributed by atoms with Crippen molar-refractivity contribution in [3.8, 4) is 0 Å². The number of para-hydroxylation sites is 2. The van der Waals surface area contributed by atoms with Crippen LogP contribution in [-0.2, 0) is 0 Å². The van der Waals surface area contributed by atoms with E-state index in [1.807, 2.05) is 37.3 Å². The van der Waals surface area contributed by atoms with Crippen molar-refractivity contribution < 1.29 is 9.18 Å². The largest absolute Gasteiger partial charge is 0.322 e. The van der Waals surface area contributed by atoms with Crippen LogP contribution >= 0.6 is 0 Å². The lowest BCUT2D eigenvalue weighted by Crippen LogP contribution is -2.31. The molecule has 1 aromatic heterocycles. The van der Waals surface area contributed by atoms with E-state index in [2.05, 4.69) is 15.3 Å². The lowest BCUT2D eigenvalue weighted by molar-refractivity contribution is 0.0983. The third-order valence-electron chi connectivity index (χ3n) is 3.62. The molecule has 126 valence electrons. The van der Waals surface area contributed by atoms with Crippen molar-refractivity contribution >= 4 is 23.2 Å². The third-order valence-corrected chi connectivity index (χ3v) is 3.62. The summed E-state index contributed by atoms with van der Waals surface area (Å²) in [7, 11) is 0. The number of aromatic nitrogens is 2. The summed E-state index contributed by atoms with van der Waals surface area (Å²) in [5.74, 6) is -0.491. The minimum absolute atomic E-state index is 0.167. The number of carbonyl (C=O) groups excluding carboxylic acids is 1. The van der Waals surface area contributed by atoms with Gasteiger partial charge in [-0.1, -0.05) is 30.3 Å². The minimum Gasteiger partial charge on any atom is -0.322 e. The number of benzene rings is 2. The van der Waals surface area contributed by atoms with Crippen molar-refractivity contribution in [2.24, 2.45) is 0 Å². The van der Waals surface area contributed by atoms with Gasteiger partial charge in [0.1, 0.15) is 11.5 Å². The summed E-state index contributed by atoms with van der Waals surface area (Å²) < 4.78 is 13.7. The maximum absolute atomic E-state index is 13.7. The number of rotatable bonds is 5. The molecule has 0 aliphatic carbocycles. The van der Waals surface area contributed by atoms with Crippen LogP contribution in [0.4, 0.5) is 21.7 Å². The maximum atomic E-state index is 13.7. The number of hydrogen-bond donors (Lipinski definition) is 1. The normalized spacial score (nSPS) is 10.3. The zero-order chi connectivity index (χ0) is 17.6. The van der Waals surface area contributed by atoms with Gasteiger partial charge in [-0.15, -0.1) is 0 Å². The van der Waals surface area contributed by atoms with E-state index in [0.717, 1.165) is 5.69 Å². The Morgan fingerprint density at radius 2 is 1.80 bits per heavy atom. The molecule has 1 N–H and O–H groups in total. The Bertz CT molecular complexity index is 870. The first kappa shape index (κ1) is 16.6. The van der Waals surface area contributed by atoms with Crippen LogP contribution in [0.3, 0.4) is 0 Å². The third kappa shape index (κ3) is 3.80. The first-order chi connectivity index (χ1) is 12.2. The molecule has 6 heteroatoms. The van der Waals surface area contributed by atoms with Gasteiger partial charge in [-0.3, -0.25) is 4.79 Å². The molecule has 25 heavy (non-hydrogen) atoms. The van der Waals surface area contributed by atoms with Crippen molar-refractivity contribution in [1.29, 1.82) is 0 Å². The molecular formula is C19H17FN4O. The van der Waals surface area contributed by atoms with Crippen molar-refractivity contribution in [1.82, 2.24) is 9.97 Å². The van der Waals surface area contributed by atoms with Crippen LogP contribution in [0.1, 0.15) is 17.4 Å². The summed E-state index contributed by atoms with van der Waals surface area (Å²) in [5.41, 5.74) is 1.28. The van der Waals surface area contributed by atoms with Crippen LogP contribution in [0, 0.1) is 5.82 Å².